The van der Waals surface area contributed by atoms with Gasteiger partial charge in [-0.25, -0.2) is 17.9 Å². The second-order valence-electron chi connectivity index (χ2n) is 3.86. The van der Waals surface area contributed by atoms with E-state index in [1.807, 2.05) is 0 Å². The van der Waals surface area contributed by atoms with E-state index in [1.54, 1.807) is 0 Å². The van der Waals surface area contributed by atoms with E-state index in [0.29, 0.717) is 0 Å². The highest BCUT2D eigenvalue weighted by Crippen LogP contribution is 2.20. The Labute approximate surface area is 114 Å². The van der Waals surface area contributed by atoms with Crippen LogP contribution in [0.4, 0.5) is 0 Å². The third kappa shape index (κ3) is 2.77. The van der Waals surface area contributed by atoms with Crippen LogP contribution in [0.25, 0.3) is 5.69 Å². The fourth-order valence-electron chi connectivity index (χ4n) is 1.51. The summed E-state index contributed by atoms with van der Waals surface area (Å²) in [6, 6.07) is 4.25. The van der Waals surface area contributed by atoms with Crippen LogP contribution in [-0.2, 0) is 9.84 Å². The fourth-order valence-corrected chi connectivity index (χ4v) is 2.21. The molecule has 1 aromatic carbocycles. The molecule has 6 nitrogen and oxygen atoms in total. The van der Waals surface area contributed by atoms with E-state index < -0.39 is 15.8 Å². The first kappa shape index (κ1) is 13.6. The minimum atomic E-state index is -3.39. The molecule has 1 heterocycles. The highest BCUT2D eigenvalue weighted by molar-refractivity contribution is 7.90. The average Bonchev–Trinajstić information content (AvgIpc) is 2.77. The van der Waals surface area contributed by atoms with Crippen LogP contribution >= 0.6 is 11.6 Å². The lowest BCUT2D eigenvalue weighted by Crippen LogP contribution is -2.05. The van der Waals surface area contributed by atoms with Crippen LogP contribution in [0.5, 0.6) is 0 Å². The molecule has 0 bridgehead atoms. The SMILES string of the molecule is CS(=O)(=O)c1cnn(-c2ccc(Cl)cc2C(=O)O)c1. The zero-order valence-electron chi connectivity index (χ0n) is 9.74. The van der Waals surface area contributed by atoms with Crippen LogP contribution in [-0.4, -0.2) is 35.5 Å². The van der Waals surface area contributed by atoms with Crippen LogP contribution in [0, 0.1) is 0 Å². The number of benzene rings is 1. The summed E-state index contributed by atoms with van der Waals surface area (Å²) in [6.45, 7) is 0. The molecule has 100 valence electrons. The number of aromatic carboxylic acids is 1. The largest absolute Gasteiger partial charge is 0.478 e. The smallest absolute Gasteiger partial charge is 0.337 e. The summed E-state index contributed by atoms with van der Waals surface area (Å²) in [6.07, 6.45) is 3.47. The van der Waals surface area contributed by atoms with Gasteiger partial charge in [-0.05, 0) is 18.2 Å². The van der Waals surface area contributed by atoms with Gasteiger partial charge in [-0.2, -0.15) is 5.10 Å². The number of halogens is 1. The molecule has 0 atom stereocenters. The minimum Gasteiger partial charge on any atom is -0.478 e. The van der Waals surface area contributed by atoms with Gasteiger partial charge in [0, 0.05) is 17.5 Å². The number of rotatable bonds is 3. The van der Waals surface area contributed by atoms with Crippen molar-refractivity contribution in [3.63, 3.8) is 0 Å². The zero-order chi connectivity index (χ0) is 14.2. The molecule has 0 aliphatic heterocycles. The van der Waals surface area contributed by atoms with Gasteiger partial charge in [0.15, 0.2) is 9.84 Å². The Morgan fingerprint density at radius 1 is 1.42 bits per heavy atom. The average molecular weight is 301 g/mol. The Bertz CT molecular complexity index is 752. The number of nitrogens with zero attached hydrogens (tertiary/aromatic N) is 2. The zero-order valence-corrected chi connectivity index (χ0v) is 11.3. The molecule has 0 aliphatic carbocycles. The van der Waals surface area contributed by atoms with Crippen molar-refractivity contribution in [2.75, 3.05) is 6.26 Å². The maximum Gasteiger partial charge on any atom is 0.337 e. The van der Waals surface area contributed by atoms with Crippen molar-refractivity contribution in [3.05, 3.63) is 41.2 Å². The highest BCUT2D eigenvalue weighted by Gasteiger charge is 2.16. The van der Waals surface area contributed by atoms with E-state index in [9.17, 15) is 13.2 Å². The Balaban J connectivity index is 2.60. The first-order valence-corrected chi connectivity index (χ1v) is 7.34. The number of carboxylic acid groups (broad SMARTS) is 1. The van der Waals surface area contributed by atoms with Crippen molar-refractivity contribution in [3.8, 4) is 5.69 Å². The van der Waals surface area contributed by atoms with Gasteiger partial charge in [0.1, 0.15) is 4.90 Å². The fraction of sp³-hybridized carbons (Fsp3) is 0.0909. The second kappa shape index (κ2) is 4.67. The summed E-state index contributed by atoms with van der Waals surface area (Å²) in [5, 5.41) is 13.2. The highest BCUT2D eigenvalue weighted by atomic mass is 35.5. The Morgan fingerprint density at radius 2 is 2.11 bits per heavy atom. The number of carboxylic acids is 1. The molecule has 2 aromatic rings. The molecule has 0 aliphatic rings. The Hall–Kier alpha value is -1.86. The van der Waals surface area contributed by atoms with Crippen molar-refractivity contribution in [1.29, 1.82) is 0 Å². The van der Waals surface area contributed by atoms with E-state index in [2.05, 4.69) is 5.10 Å². The van der Waals surface area contributed by atoms with Crippen molar-refractivity contribution in [1.82, 2.24) is 9.78 Å². The van der Waals surface area contributed by atoms with Gasteiger partial charge in [0.25, 0.3) is 0 Å². The van der Waals surface area contributed by atoms with E-state index in [1.165, 1.54) is 29.1 Å². The maximum atomic E-state index is 11.4. The van der Waals surface area contributed by atoms with E-state index in [-0.39, 0.29) is 21.2 Å². The maximum absolute atomic E-state index is 11.4. The number of sulfone groups is 1. The van der Waals surface area contributed by atoms with Crippen LogP contribution in [0.2, 0.25) is 5.02 Å². The van der Waals surface area contributed by atoms with Gasteiger partial charge in [-0.15, -0.1) is 0 Å². The lowest BCUT2D eigenvalue weighted by atomic mass is 10.2. The molecule has 0 saturated carbocycles. The summed E-state index contributed by atoms with van der Waals surface area (Å²) >= 11 is 5.74. The van der Waals surface area contributed by atoms with E-state index >= 15 is 0 Å². The van der Waals surface area contributed by atoms with Crippen molar-refractivity contribution in [2.45, 2.75) is 4.90 Å². The van der Waals surface area contributed by atoms with Gasteiger partial charge >= 0.3 is 5.97 Å². The Morgan fingerprint density at radius 3 is 2.63 bits per heavy atom. The molecule has 0 fully saturated rings. The molecular weight excluding hydrogens is 292 g/mol. The third-order valence-electron chi connectivity index (χ3n) is 2.42. The molecule has 0 radical (unpaired) electrons. The monoisotopic (exact) mass is 300 g/mol. The second-order valence-corrected chi connectivity index (χ2v) is 6.31. The van der Waals surface area contributed by atoms with Crippen molar-refractivity contribution in [2.24, 2.45) is 0 Å². The van der Waals surface area contributed by atoms with Gasteiger partial charge in [0.2, 0.25) is 0 Å². The summed E-state index contributed by atoms with van der Waals surface area (Å²) < 4.78 is 23.9. The van der Waals surface area contributed by atoms with E-state index in [4.69, 9.17) is 16.7 Å². The van der Waals surface area contributed by atoms with E-state index in [0.717, 1.165) is 12.5 Å². The molecular formula is C11H9ClN2O4S. The molecule has 8 heteroatoms. The minimum absolute atomic E-state index is 0.0128. The molecule has 0 amide bonds. The lowest BCUT2D eigenvalue weighted by molar-refractivity contribution is 0.0696. The molecule has 0 unspecified atom stereocenters. The number of hydrogen-bond donors (Lipinski definition) is 1. The van der Waals surface area contributed by atoms with Crippen molar-refractivity contribution < 1.29 is 18.3 Å². The molecule has 2 rings (SSSR count). The van der Waals surface area contributed by atoms with Crippen molar-refractivity contribution >= 4 is 27.4 Å². The summed E-state index contributed by atoms with van der Waals surface area (Å²) in [5.41, 5.74) is 0.183. The normalized spacial score (nSPS) is 11.5. The summed E-state index contributed by atoms with van der Waals surface area (Å²) in [7, 11) is -3.39. The van der Waals surface area contributed by atoms with Crippen LogP contribution in [0.1, 0.15) is 10.4 Å². The van der Waals surface area contributed by atoms with Gasteiger partial charge in [-0.3, -0.25) is 0 Å². The quantitative estimate of drug-likeness (QED) is 0.930. The van der Waals surface area contributed by atoms with Crippen LogP contribution < -0.4 is 0 Å². The first-order chi connectivity index (χ1) is 8.79. The lowest BCUT2D eigenvalue weighted by Gasteiger charge is -2.06. The van der Waals surface area contributed by atoms with Crippen LogP contribution in [0.3, 0.4) is 0 Å². The number of hydrogen-bond acceptors (Lipinski definition) is 4. The molecule has 19 heavy (non-hydrogen) atoms. The molecule has 1 aromatic heterocycles. The number of aromatic nitrogens is 2. The van der Waals surface area contributed by atoms with Gasteiger partial charge in [-0.1, -0.05) is 11.6 Å². The molecule has 0 saturated heterocycles. The molecule has 0 spiro atoms. The standard InChI is InChI=1S/C11H9ClN2O4S/c1-19(17,18)8-5-13-14(6-8)10-3-2-7(12)4-9(10)11(15)16/h2-6H,1H3,(H,15,16). The molecule has 1 N–H and O–H groups in total. The number of carbonyl (C=O) groups is 1. The first-order valence-electron chi connectivity index (χ1n) is 5.07. The summed E-state index contributed by atoms with van der Waals surface area (Å²) in [5.74, 6) is -1.17. The summed E-state index contributed by atoms with van der Waals surface area (Å²) in [4.78, 5) is 11.1. The third-order valence-corrected chi connectivity index (χ3v) is 3.73. The Kier molecular flexibility index (Phi) is 3.34. The van der Waals surface area contributed by atoms with Gasteiger partial charge < -0.3 is 5.11 Å². The predicted octanol–water partition coefficient (Wildman–Crippen LogP) is 1.63. The predicted molar refractivity (Wildman–Crippen MR) is 68.6 cm³/mol. The van der Waals surface area contributed by atoms with Crippen LogP contribution in [0.15, 0.2) is 35.5 Å². The van der Waals surface area contributed by atoms with Gasteiger partial charge in [0.05, 0.1) is 17.4 Å². The topological polar surface area (TPSA) is 89.3 Å².